The van der Waals surface area contributed by atoms with Crippen molar-refractivity contribution in [2.75, 3.05) is 31.1 Å². The van der Waals surface area contributed by atoms with Crippen LogP contribution in [0.5, 0.6) is 0 Å². The van der Waals surface area contributed by atoms with Crippen LogP contribution in [0, 0.1) is 0 Å². The van der Waals surface area contributed by atoms with E-state index < -0.39 is 0 Å². The van der Waals surface area contributed by atoms with Gasteiger partial charge in [0.1, 0.15) is 5.82 Å². The number of pyridine rings is 1. The highest BCUT2D eigenvalue weighted by atomic mass is 16.2. The lowest BCUT2D eigenvalue weighted by Gasteiger charge is -2.21. The van der Waals surface area contributed by atoms with Gasteiger partial charge in [-0.2, -0.15) is 0 Å². The van der Waals surface area contributed by atoms with Crippen molar-refractivity contribution in [2.24, 2.45) is 0 Å². The molecule has 1 atom stereocenters. The van der Waals surface area contributed by atoms with E-state index in [1.165, 1.54) is 25.7 Å². The van der Waals surface area contributed by atoms with Gasteiger partial charge in [0.2, 0.25) is 0 Å². The summed E-state index contributed by atoms with van der Waals surface area (Å²) in [6.45, 7) is 4.26. The SMILES string of the molecule is O=C(NCc1ccc(N2CCCCCC2)nc1)NCC1CCNN1. The second kappa shape index (κ2) is 8.84. The Hall–Kier alpha value is -1.86. The number of aromatic nitrogens is 1. The first kappa shape index (κ1) is 17.0. The van der Waals surface area contributed by atoms with Crippen molar-refractivity contribution in [1.82, 2.24) is 26.5 Å². The molecule has 2 amide bonds. The van der Waals surface area contributed by atoms with Crippen LogP contribution in [0.15, 0.2) is 18.3 Å². The van der Waals surface area contributed by atoms with Gasteiger partial charge in [0.15, 0.2) is 0 Å². The Bertz CT molecular complexity index is 506. The van der Waals surface area contributed by atoms with Crippen molar-refractivity contribution < 1.29 is 4.79 Å². The third-order valence-electron chi connectivity index (χ3n) is 4.63. The summed E-state index contributed by atoms with van der Waals surface area (Å²) in [4.78, 5) is 18.8. The molecule has 1 aromatic rings. The number of hydrazine groups is 1. The zero-order chi connectivity index (χ0) is 16.6. The molecule has 0 saturated carbocycles. The van der Waals surface area contributed by atoms with Gasteiger partial charge in [-0.3, -0.25) is 10.9 Å². The van der Waals surface area contributed by atoms with Crippen molar-refractivity contribution in [3.63, 3.8) is 0 Å². The molecule has 2 fully saturated rings. The third kappa shape index (κ3) is 5.07. The minimum Gasteiger partial charge on any atom is -0.357 e. The number of nitrogens with zero attached hydrogens (tertiary/aromatic N) is 2. The zero-order valence-corrected chi connectivity index (χ0v) is 14.2. The average Bonchev–Trinajstić information content (AvgIpc) is 2.99. The molecule has 1 aromatic heterocycles. The second-order valence-corrected chi connectivity index (χ2v) is 6.55. The van der Waals surface area contributed by atoms with Gasteiger partial charge in [0.05, 0.1) is 0 Å². The van der Waals surface area contributed by atoms with Crippen molar-refractivity contribution in [2.45, 2.75) is 44.7 Å². The van der Waals surface area contributed by atoms with Gasteiger partial charge >= 0.3 is 6.03 Å². The highest BCUT2D eigenvalue weighted by Gasteiger charge is 2.14. The monoisotopic (exact) mass is 332 g/mol. The molecule has 0 aromatic carbocycles. The number of hydrogen-bond acceptors (Lipinski definition) is 5. The molecule has 24 heavy (non-hydrogen) atoms. The number of carbonyl (C=O) groups is 1. The summed E-state index contributed by atoms with van der Waals surface area (Å²) < 4.78 is 0. The van der Waals surface area contributed by atoms with E-state index in [-0.39, 0.29) is 6.03 Å². The van der Waals surface area contributed by atoms with Gasteiger partial charge in [0, 0.05) is 45.0 Å². The van der Waals surface area contributed by atoms with Crippen LogP contribution in [0.4, 0.5) is 10.6 Å². The minimum absolute atomic E-state index is 0.139. The maximum Gasteiger partial charge on any atom is 0.315 e. The molecule has 2 aliphatic heterocycles. The van der Waals surface area contributed by atoms with Gasteiger partial charge < -0.3 is 15.5 Å². The standard InChI is InChI=1S/C17H28N6O/c24-17(20-13-15-7-8-21-22-15)19-12-14-5-6-16(18-11-14)23-9-3-1-2-4-10-23/h5-6,11,15,21-22H,1-4,7-10,12-13H2,(H2,19,20,24). The lowest BCUT2D eigenvalue weighted by Crippen LogP contribution is -2.43. The smallest absolute Gasteiger partial charge is 0.315 e. The van der Waals surface area contributed by atoms with Gasteiger partial charge in [-0.1, -0.05) is 18.9 Å². The number of nitrogens with one attached hydrogen (secondary N) is 4. The van der Waals surface area contributed by atoms with Gasteiger partial charge in [-0.05, 0) is 30.9 Å². The molecule has 0 bridgehead atoms. The number of rotatable bonds is 5. The predicted octanol–water partition coefficient (Wildman–Crippen LogP) is 1.13. The van der Waals surface area contributed by atoms with E-state index in [0.29, 0.717) is 19.1 Å². The molecule has 4 N–H and O–H groups in total. The van der Waals surface area contributed by atoms with Gasteiger partial charge in [-0.25, -0.2) is 9.78 Å². The van der Waals surface area contributed by atoms with Crippen LogP contribution in [0.25, 0.3) is 0 Å². The second-order valence-electron chi connectivity index (χ2n) is 6.55. The molecule has 0 radical (unpaired) electrons. The van der Waals surface area contributed by atoms with E-state index in [1.807, 2.05) is 6.20 Å². The summed E-state index contributed by atoms with van der Waals surface area (Å²) in [5, 5.41) is 5.76. The topological polar surface area (TPSA) is 81.3 Å². The first-order valence-corrected chi connectivity index (χ1v) is 9.01. The van der Waals surface area contributed by atoms with Crippen molar-refractivity contribution in [3.05, 3.63) is 23.9 Å². The molecule has 7 heteroatoms. The Balaban J connectivity index is 1.41. The minimum atomic E-state index is -0.139. The average molecular weight is 332 g/mol. The quantitative estimate of drug-likeness (QED) is 0.650. The molecule has 0 spiro atoms. The molecular formula is C17H28N6O. The van der Waals surface area contributed by atoms with Gasteiger partial charge in [0.25, 0.3) is 0 Å². The molecule has 1 unspecified atom stereocenters. The Morgan fingerprint density at radius 3 is 2.71 bits per heavy atom. The van der Waals surface area contributed by atoms with Crippen LogP contribution >= 0.6 is 0 Å². The maximum atomic E-state index is 11.8. The summed E-state index contributed by atoms with van der Waals surface area (Å²) in [6, 6.07) is 4.29. The molecular weight excluding hydrogens is 304 g/mol. The number of urea groups is 1. The maximum absolute atomic E-state index is 11.8. The highest BCUT2D eigenvalue weighted by Crippen LogP contribution is 2.17. The van der Waals surface area contributed by atoms with Crippen LogP contribution in [0.2, 0.25) is 0 Å². The molecule has 132 valence electrons. The van der Waals surface area contributed by atoms with Crippen molar-refractivity contribution in [3.8, 4) is 0 Å². The summed E-state index contributed by atoms with van der Waals surface area (Å²) in [7, 11) is 0. The van der Waals surface area contributed by atoms with E-state index in [0.717, 1.165) is 37.4 Å². The summed E-state index contributed by atoms with van der Waals surface area (Å²) in [6.07, 6.45) is 8.03. The van der Waals surface area contributed by atoms with Crippen LogP contribution in [0.1, 0.15) is 37.7 Å². The predicted molar refractivity (Wildman–Crippen MR) is 94.7 cm³/mol. The normalized spacial score (nSPS) is 21.3. The van der Waals surface area contributed by atoms with E-state index >= 15 is 0 Å². The summed E-state index contributed by atoms with van der Waals surface area (Å²) >= 11 is 0. The summed E-state index contributed by atoms with van der Waals surface area (Å²) in [5.74, 6) is 1.05. The number of hydrogen-bond donors (Lipinski definition) is 4. The van der Waals surface area contributed by atoms with E-state index in [9.17, 15) is 4.79 Å². The van der Waals surface area contributed by atoms with Gasteiger partial charge in [-0.15, -0.1) is 0 Å². The molecule has 2 saturated heterocycles. The fourth-order valence-corrected chi connectivity index (χ4v) is 3.16. The van der Waals surface area contributed by atoms with Crippen LogP contribution in [-0.4, -0.2) is 43.2 Å². The number of amides is 2. The first-order valence-electron chi connectivity index (χ1n) is 9.01. The Kier molecular flexibility index (Phi) is 6.26. The van der Waals surface area contributed by atoms with Crippen molar-refractivity contribution >= 4 is 11.8 Å². The number of carbonyl (C=O) groups excluding carboxylic acids is 1. The lowest BCUT2D eigenvalue weighted by molar-refractivity contribution is 0.239. The van der Waals surface area contributed by atoms with E-state index in [1.54, 1.807) is 0 Å². The molecule has 3 rings (SSSR count). The third-order valence-corrected chi connectivity index (χ3v) is 4.63. The Morgan fingerprint density at radius 2 is 2.04 bits per heavy atom. The summed E-state index contributed by atoms with van der Waals surface area (Å²) in [5.41, 5.74) is 7.19. The first-order chi connectivity index (χ1) is 11.8. The Labute approximate surface area is 143 Å². The number of anilines is 1. The van der Waals surface area contributed by atoms with Crippen molar-refractivity contribution in [1.29, 1.82) is 0 Å². The molecule has 2 aliphatic rings. The fraction of sp³-hybridized carbons (Fsp3) is 0.647. The molecule has 3 heterocycles. The van der Waals surface area contributed by atoms with Crippen LogP contribution < -0.4 is 26.4 Å². The highest BCUT2D eigenvalue weighted by molar-refractivity contribution is 5.73. The van der Waals surface area contributed by atoms with Crippen LogP contribution in [-0.2, 0) is 6.54 Å². The molecule has 0 aliphatic carbocycles. The van der Waals surface area contributed by atoms with Crippen LogP contribution in [0.3, 0.4) is 0 Å². The fourth-order valence-electron chi connectivity index (χ4n) is 3.16. The lowest BCUT2D eigenvalue weighted by atomic mass is 10.2. The largest absolute Gasteiger partial charge is 0.357 e. The zero-order valence-electron chi connectivity index (χ0n) is 14.2. The Morgan fingerprint density at radius 1 is 1.21 bits per heavy atom. The molecule has 7 nitrogen and oxygen atoms in total. The van der Waals surface area contributed by atoms with E-state index in [4.69, 9.17) is 0 Å². The van der Waals surface area contributed by atoms with E-state index in [2.05, 4.69) is 43.5 Å².